The van der Waals surface area contributed by atoms with E-state index in [9.17, 15) is 9.90 Å². The van der Waals surface area contributed by atoms with Gasteiger partial charge < -0.3 is 9.84 Å². The summed E-state index contributed by atoms with van der Waals surface area (Å²) in [6.07, 6.45) is 1.65. The van der Waals surface area contributed by atoms with Crippen LogP contribution in [0.25, 0.3) is 0 Å². The van der Waals surface area contributed by atoms with E-state index in [1.807, 2.05) is 38.1 Å². The van der Waals surface area contributed by atoms with Crippen molar-refractivity contribution in [2.45, 2.75) is 20.0 Å². The molecule has 0 heterocycles. The third-order valence-corrected chi connectivity index (χ3v) is 2.74. The highest BCUT2D eigenvalue weighted by Crippen LogP contribution is 2.13. The van der Waals surface area contributed by atoms with Gasteiger partial charge in [-0.3, -0.25) is 4.79 Å². The third-order valence-electron chi connectivity index (χ3n) is 2.74. The minimum atomic E-state index is -0.342. The van der Waals surface area contributed by atoms with Crippen LogP contribution in [0.3, 0.4) is 0 Å². The molecule has 0 spiro atoms. The van der Waals surface area contributed by atoms with Gasteiger partial charge in [0.1, 0.15) is 11.5 Å². The number of nitrogens with one attached hydrogen (secondary N) is 1. The van der Waals surface area contributed by atoms with Gasteiger partial charge in [-0.05, 0) is 55.8 Å². The fourth-order valence-corrected chi connectivity index (χ4v) is 1.78. The molecule has 0 aromatic heterocycles. The Bertz CT molecular complexity index is 664. The predicted octanol–water partition coefficient (Wildman–Crippen LogP) is 2.94. The third kappa shape index (κ3) is 4.63. The monoisotopic (exact) mass is 298 g/mol. The van der Waals surface area contributed by atoms with Gasteiger partial charge in [-0.1, -0.05) is 12.1 Å². The maximum atomic E-state index is 11.8. The highest BCUT2D eigenvalue weighted by Gasteiger charge is 2.03. The number of hydrogen-bond acceptors (Lipinski definition) is 4. The maximum absolute atomic E-state index is 11.8. The van der Waals surface area contributed by atoms with Gasteiger partial charge in [0, 0.05) is 5.56 Å². The van der Waals surface area contributed by atoms with Crippen molar-refractivity contribution in [1.29, 1.82) is 0 Å². The van der Waals surface area contributed by atoms with Crippen molar-refractivity contribution in [3.63, 3.8) is 0 Å². The summed E-state index contributed by atoms with van der Waals surface area (Å²) < 4.78 is 5.59. The number of hydrogen-bond donors (Lipinski definition) is 2. The first-order valence-electron chi connectivity index (χ1n) is 6.94. The molecule has 5 heteroatoms. The van der Waals surface area contributed by atoms with Crippen LogP contribution in [0.1, 0.15) is 29.8 Å². The lowest BCUT2D eigenvalue weighted by atomic mass is 10.2. The summed E-state index contributed by atoms with van der Waals surface area (Å²) in [5.41, 5.74) is 3.68. The van der Waals surface area contributed by atoms with Gasteiger partial charge in [-0.25, -0.2) is 5.43 Å². The van der Waals surface area contributed by atoms with E-state index < -0.39 is 0 Å². The van der Waals surface area contributed by atoms with Crippen molar-refractivity contribution in [3.8, 4) is 11.5 Å². The molecule has 0 aliphatic rings. The van der Waals surface area contributed by atoms with Crippen LogP contribution in [0.4, 0.5) is 0 Å². The van der Waals surface area contributed by atoms with Crippen LogP contribution in [0.5, 0.6) is 11.5 Å². The fraction of sp³-hybridized carbons (Fsp3) is 0.176. The lowest BCUT2D eigenvalue weighted by Crippen LogP contribution is -2.17. The SMILES string of the molecule is CC(C)Oc1cccc(/C=N/NC(=O)c2ccc(O)cc2)c1. The van der Waals surface area contributed by atoms with Crippen molar-refractivity contribution >= 4 is 12.1 Å². The number of phenols is 1. The molecule has 2 aromatic rings. The smallest absolute Gasteiger partial charge is 0.271 e. The summed E-state index contributed by atoms with van der Waals surface area (Å²) in [7, 11) is 0. The number of ether oxygens (including phenoxy) is 1. The van der Waals surface area contributed by atoms with Crippen LogP contribution in [0.2, 0.25) is 0 Å². The quantitative estimate of drug-likeness (QED) is 0.658. The summed E-state index contributed by atoms with van der Waals surface area (Å²) in [6.45, 7) is 3.91. The molecule has 0 fully saturated rings. The van der Waals surface area contributed by atoms with Gasteiger partial charge in [0.25, 0.3) is 5.91 Å². The molecule has 114 valence electrons. The second-order valence-corrected chi connectivity index (χ2v) is 4.99. The standard InChI is InChI=1S/C17H18N2O3/c1-12(2)22-16-5-3-4-13(10-16)11-18-19-17(21)14-6-8-15(20)9-7-14/h3-12,20H,1-2H3,(H,19,21)/b18-11+. The summed E-state index contributed by atoms with van der Waals surface area (Å²) in [5, 5.41) is 13.1. The number of benzene rings is 2. The molecular formula is C17H18N2O3. The van der Waals surface area contributed by atoms with E-state index in [4.69, 9.17) is 4.74 Å². The van der Waals surface area contributed by atoms with E-state index in [1.165, 1.54) is 24.3 Å². The Kier molecular flexibility index (Phi) is 5.14. The summed E-state index contributed by atoms with van der Waals surface area (Å²) in [6, 6.07) is 13.4. The van der Waals surface area contributed by atoms with Gasteiger partial charge in [0.2, 0.25) is 0 Å². The van der Waals surface area contributed by atoms with Gasteiger partial charge in [-0.15, -0.1) is 0 Å². The number of nitrogens with zero attached hydrogens (tertiary/aromatic N) is 1. The second kappa shape index (κ2) is 7.26. The van der Waals surface area contributed by atoms with Crippen molar-refractivity contribution in [2.75, 3.05) is 0 Å². The Morgan fingerprint density at radius 3 is 2.64 bits per heavy atom. The fourth-order valence-electron chi connectivity index (χ4n) is 1.78. The molecule has 0 radical (unpaired) electrons. The van der Waals surface area contributed by atoms with Crippen LogP contribution in [0, 0.1) is 0 Å². The lowest BCUT2D eigenvalue weighted by Gasteiger charge is -2.09. The molecule has 2 rings (SSSR count). The van der Waals surface area contributed by atoms with E-state index >= 15 is 0 Å². The van der Waals surface area contributed by atoms with E-state index in [1.54, 1.807) is 6.21 Å². The Labute approximate surface area is 129 Å². The first-order valence-corrected chi connectivity index (χ1v) is 6.94. The summed E-state index contributed by atoms with van der Waals surface area (Å²) in [4.78, 5) is 11.8. The van der Waals surface area contributed by atoms with Gasteiger partial charge in [0.05, 0.1) is 12.3 Å². The Morgan fingerprint density at radius 2 is 1.95 bits per heavy atom. The number of phenolic OH excluding ortho intramolecular Hbond substituents is 1. The Hall–Kier alpha value is -2.82. The van der Waals surface area contributed by atoms with E-state index in [-0.39, 0.29) is 17.8 Å². The van der Waals surface area contributed by atoms with Crippen LogP contribution < -0.4 is 10.2 Å². The molecule has 2 N–H and O–H groups in total. The van der Waals surface area contributed by atoms with Crippen molar-refractivity contribution in [1.82, 2.24) is 5.43 Å². The van der Waals surface area contributed by atoms with Gasteiger partial charge in [0.15, 0.2) is 0 Å². The molecular weight excluding hydrogens is 280 g/mol. The highest BCUT2D eigenvalue weighted by molar-refractivity contribution is 5.95. The number of carbonyl (C=O) groups is 1. The zero-order chi connectivity index (χ0) is 15.9. The molecule has 0 aliphatic heterocycles. The second-order valence-electron chi connectivity index (χ2n) is 4.99. The molecule has 1 amide bonds. The molecule has 0 saturated heterocycles. The van der Waals surface area contributed by atoms with Crippen LogP contribution in [0.15, 0.2) is 53.6 Å². The van der Waals surface area contributed by atoms with Crippen LogP contribution in [-0.2, 0) is 0 Å². The average molecular weight is 298 g/mol. The van der Waals surface area contributed by atoms with E-state index in [0.29, 0.717) is 5.56 Å². The normalized spacial score (nSPS) is 10.9. The summed E-state index contributed by atoms with van der Waals surface area (Å²) >= 11 is 0. The Balaban J connectivity index is 1.97. The van der Waals surface area contributed by atoms with E-state index in [0.717, 1.165) is 11.3 Å². The number of hydrazone groups is 1. The minimum Gasteiger partial charge on any atom is -0.508 e. The first-order chi connectivity index (χ1) is 10.5. The van der Waals surface area contributed by atoms with Crippen molar-refractivity contribution in [2.24, 2.45) is 5.10 Å². The number of rotatable bonds is 5. The maximum Gasteiger partial charge on any atom is 0.271 e. The summed E-state index contributed by atoms with van der Waals surface area (Å²) in [5.74, 6) is 0.525. The topological polar surface area (TPSA) is 70.9 Å². The number of amides is 1. The molecule has 5 nitrogen and oxygen atoms in total. The Morgan fingerprint density at radius 1 is 1.23 bits per heavy atom. The lowest BCUT2D eigenvalue weighted by molar-refractivity contribution is 0.0955. The number of carbonyl (C=O) groups excluding carboxylic acids is 1. The molecule has 22 heavy (non-hydrogen) atoms. The molecule has 0 saturated carbocycles. The molecule has 0 aliphatic carbocycles. The molecule has 0 unspecified atom stereocenters. The zero-order valence-corrected chi connectivity index (χ0v) is 12.5. The van der Waals surface area contributed by atoms with Crippen molar-refractivity contribution < 1.29 is 14.6 Å². The van der Waals surface area contributed by atoms with Gasteiger partial charge in [-0.2, -0.15) is 5.10 Å². The molecule has 0 bridgehead atoms. The average Bonchev–Trinajstić information content (AvgIpc) is 2.47. The minimum absolute atomic E-state index is 0.0985. The van der Waals surface area contributed by atoms with E-state index in [2.05, 4.69) is 10.5 Å². The molecule has 0 atom stereocenters. The largest absolute Gasteiger partial charge is 0.508 e. The first kappa shape index (κ1) is 15.6. The zero-order valence-electron chi connectivity index (χ0n) is 12.5. The molecule has 2 aromatic carbocycles. The van der Waals surface area contributed by atoms with Gasteiger partial charge >= 0.3 is 0 Å². The number of aromatic hydroxyl groups is 1. The predicted molar refractivity (Wildman–Crippen MR) is 85.4 cm³/mol. The van der Waals surface area contributed by atoms with Crippen LogP contribution >= 0.6 is 0 Å². The highest BCUT2D eigenvalue weighted by atomic mass is 16.5. The van der Waals surface area contributed by atoms with Crippen LogP contribution in [-0.4, -0.2) is 23.3 Å². The van der Waals surface area contributed by atoms with Crippen molar-refractivity contribution in [3.05, 3.63) is 59.7 Å².